The molecule has 15 heavy (non-hydrogen) atoms. The number of anilines is 1. The zero-order chi connectivity index (χ0) is 10.7. The second kappa shape index (κ2) is 4.69. The lowest BCUT2D eigenvalue weighted by molar-refractivity contribution is 0.558. The minimum atomic E-state index is 0.583. The van der Waals surface area contributed by atoms with Gasteiger partial charge in [0, 0.05) is 18.7 Å². The quantitative estimate of drug-likeness (QED) is 0.777. The van der Waals surface area contributed by atoms with E-state index in [1.165, 1.54) is 31.5 Å². The van der Waals surface area contributed by atoms with Gasteiger partial charge >= 0.3 is 0 Å². The maximum Gasteiger partial charge on any atom is 0.124 e. The monoisotopic (exact) mass is 207 g/mol. The first kappa shape index (κ1) is 10.5. The third kappa shape index (κ3) is 2.74. The van der Waals surface area contributed by atoms with Crippen LogP contribution in [-0.4, -0.2) is 15.8 Å². The molecule has 0 aromatic carbocycles. The zero-order valence-corrected chi connectivity index (χ0v) is 9.74. The molecule has 84 valence electrons. The van der Waals surface area contributed by atoms with Crippen molar-refractivity contribution < 1.29 is 0 Å². The molecule has 0 amide bonds. The Morgan fingerprint density at radius 3 is 2.80 bits per heavy atom. The molecule has 0 atom stereocenters. The molecule has 0 radical (unpaired) electrons. The Balaban J connectivity index is 1.96. The summed E-state index contributed by atoms with van der Waals surface area (Å²) in [4.78, 5) is 0. The highest BCUT2D eigenvalue weighted by atomic mass is 15.3. The number of aromatic nitrogens is 2. The van der Waals surface area contributed by atoms with Gasteiger partial charge in [0.2, 0.25) is 0 Å². The van der Waals surface area contributed by atoms with Crippen molar-refractivity contribution >= 4 is 5.82 Å². The summed E-state index contributed by atoms with van der Waals surface area (Å²) in [7, 11) is 0. The molecule has 3 heteroatoms. The second-order valence-corrected chi connectivity index (χ2v) is 4.50. The SMILES string of the molecule is CCC(CC)Nc1ccnn1CC1CC1. The lowest BCUT2D eigenvalue weighted by Crippen LogP contribution is -2.20. The summed E-state index contributed by atoms with van der Waals surface area (Å²) in [6, 6.07) is 2.67. The molecule has 1 heterocycles. The van der Waals surface area contributed by atoms with Gasteiger partial charge in [-0.25, -0.2) is 4.68 Å². The lowest BCUT2D eigenvalue weighted by atomic mass is 10.2. The Morgan fingerprint density at radius 1 is 1.47 bits per heavy atom. The summed E-state index contributed by atoms with van der Waals surface area (Å²) in [6.45, 7) is 5.54. The highest BCUT2D eigenvalue weighted by Gasteiger charge is 2.23. The van der Waals surface area contributed by atoms with E-state index in [2.05, 4.69) is 35.0 Å². The third-order valence-electron chi connectivity index (χ3n) is 3.18. The number of nitrogens with one attached hydrogen (secondary N) is 1. The Bertz CT molecular complexity index is 298. The van der Waals surface area contributed by atoms with E-state index in [9.17, 15) is 0 Å². The fourth-order valence-corrected chi connectivity index (χ4v) is 1.85. The summed E-state index contributed by atoms with van der Waals surface area (Å²) >= 11 is 0. The van der Waals surface area contributed by atoms with E-state index < -0.39 is 0 Å². The lowest BCUT2D eigenvalue weighted by Gasteiger charge is -2.17. The van der Waals surface area contributed by atoms with Gasteiger partial charge in [0.15, 0.2) is 0 Å². The predicted molar refractivity (Wildman–Crippen MR) is 62.9 cm³/mol. The first-order valence-corrected chi connectivity index (χ1v) is 6.11. The van der Waals surface area contributed by atoms with Crippen molar-refractivity contribution in [3.63, 3.8) is 0 Å². The summed E-state index contributed by atoms with van der Waals surface area (Å²) in [5.74, 6) is 2.07. The Labute approximate surface area is 91.9 Å². The number of nitrogens with zero attached hydrogens (tertiary/aromatic N) is 2. The molecule has 1 aromatic rings. The van der Waals surface area contributed by atoms with E-state index in [0.717, 1.165) is 12.5 Å². The van der Waals surface area contributed by atoms with Crippen molar-refractivity contribution in [1.82, 2.24) is 9.78 Å². The van der Waals surface area contributed by atoms with Gasteiger partial charge in [-0.1, -0.05) is 13.8 Å². The molecule has 0 unspecified atom stereocenters. The Hall–Kier alpha value is -0.990. The molecular weight excluding hydrogens is 186 g/mol. The predicted octanol–water partition coefficient (Wildman–Crippen LogP) is 2.89. The highest BCUT2D eigenvalue weighted by Crippen LogP contribution is 2.31. The Kier molecular flexibility index (Phi) is 3.29. The van der Waals surface area contributed by atoms with Gasteiger partial charge < -0.3 is 5.32 Å². The fraction of sp³-hybridized carbons (Fsp3) is 0.750. The molecule has 1 saturated carbocycles. The zero-order valence-electron chi connectivity index (χ0n) is 9.74. The largest absolute Gasteiger partial charge is 0.368 e. The van der Waals surface area contributed by atoms with Gasteiger partial charge in [-0.3, -0.25) is 0 Å². The van der Waals surface area contributed by atoms with Crippen LogP contribution in [0.25, 0.3) is 0 Å². The number of rotatable bonds is 6. The molecule has 0 spiro atoms. The summed E-state index contributed by atoms with van der Waals surface area (Å²) in [5, 5.41) is 7.93. The van der Waals surface area contributed by atoms with Crippen LogP contribution < -0.4 is 5.32 Å². The van der Waals surface area contributed by atoms with Crippen LogP contribution in [-0.2, 0) is 6.54 Å². The van der Waals surface area contributed by atoms with Crippen LogP contribution in [0.5, 0.6) is 0 Å². The first-order chi connectivity index (χ1) is 7.33. The topological polar surface area (TPSA) is 29.9 Å². The molecule has 1 aromatic heterocycles. The average molecular weight is 207 g/mol. The summed E-state index contributed by atoms with van der Waals surface area (Å²) in [6.07, 6.45) is 7.00. The van der Waals surface area contributed by atoms with Crippen LogP contribution >= 0.6 is 0 Å². The van der Waals surface area contributed by atoms with Crippen LogP contribution in [0.2, 0.25) is 0 Å². The number of hydrogen-bond acceptors (Lipinski definition) is 2. The van der Waals surface area contributed by atoms with E-state index in [1.807, 2.05) is 6.20 Å². The van der Waals surface area contributed by atoms with E-state index in [0.29, 0.717) is 6.04 Å². The maximum absolute atomic E-state index is 4.37. The van der Waals surface area contributed by atoms with Gasteiger partial charge in [-0.15, -0.1) is 0 Å². The normalized spacial score (nSPS) is 15.9. The molecule has 1 aliphatic carbocycles. The van der Waals surface area contributed by atoms with E-state index in [-0.39, 0.29) is 0 Å². The second-order valence-electron chi connectivity index (χ2n) is 4.50. The molecule has 0 aliphatic heterocycles. The average Bonchev–Trinajstić information content (AvgIpc) is 2.95. The van der Waals surface area contributed by atoms with Gasteiger partial charge in [-0.2, -0.15) is 5.10 Å². The molecule has 0 saturated heterocycles. The summed E-state index contributed by atoms with van der Waals surface area (Å²) in [5.41, 5.74) is 0. The Morgan fingerprint density at radius 2 is 2.20 bits per heavy atom. The van der Waals surface area contributed by atoms with Gasteiger partial charge in [0.25, 0.3) is 0 Å². The van der Waals surface area contributed by atoms with Crippen LogP contribution in [0.3, 0.4) is 0 Å². The summed E-state index contributed by atoms with van der Waals surface area (Å²) < 4.78 is 2.12. The molecule has 1 aliphatic rings. The van der Waals surface area contributed by atoms with Gasteiger partial charge in [0.05, 0.1) is 6.20 Å². The number of hydrogen-bond donors (Lipinski definition) is 1. The van der Waals surface area contributed by atoms with Crippen molar-refractivity contribution in [2.45, 2.75) is 52.1 Å². The highest BCUT2D eigenvalue weighted by molar-refractivity contribution is 5.35. The smallest absolute Gasteiger partial charge is 0.124 e. The molecule has 3 nitrogen and oxygen atoms in total. The van der Waals surface area contributed by atoms with E-state index >= 15 is 0 Å². The van der Waals surface area contributed by atoms with Crippen LogP contribution in [0.1, 0.15) is 39.5 Å². The van der Waals surface area contributed by atoms with Crippen molar-refractivity contribution in [2.75, 3.05) is 5.32 Å². The third-order valence-corrected chi connectivity index (χ3v) is 3.18. The van der Waals surface area contributed by atoms with Crippen molar-refractivity contribution in [3.8, 4) is 0 Å². The molecular formula is C12H21N3. The maximum atomic E-state index is 4.37. The van der Waals surface area contributed by atoms with Crippen LogP contribution in [0.4, 0.5) is 5.82 Å². The fourth-order valence-electron chi connectivity index (χ4n) is 1.85. The first-order valence-electron chi connectivity index (χ1n) is 6.11. The van der Waals surface area contributed by atoms with E-state index in [1.54, 1.807) is 0 Å². The molecule has 1 N–H and O–H groups in total. The van der Waals surface area contributed by atoms with Crippen LogP contribution in [0, 0.1) is 5.92 Å². The van der Waals surface area contributed by atoms with Gasteiger partial charge in [0.1, 0.15) is 5.82 Å². The molecule has 1 fully saturated rings. The van der Waals surface area contributed by atoms with Gasteiger partial charge in [-0.05, 0) is 31.6 Å². The van der Waals surface area contributed by atoms with Crippen LogP contribution in [0.15, 0.2) is 12.3 Å². The van der Waals surface area contributed by atoms with Crippen molar-refractivity contribution in [2.24, 2.45) is 5.92 Å². The minimum absolute atomic E-state index is 0.583. The molecule has 2 rings (SSSR count). The van der Waals surface area contributed by atoms with Crippen molar-refractivity contribution in [1.29, 1.82) is 0 Å². The molecule has 0 bridgehead atoms. The standard InChI is InChI=1S/C12H21N3/c1-3-11(4-2)14-12-7-8-13-15(12)9-10-5-6-10/h7-8,10-11,14H,3-6,9H2,1-2H3. The van der Waals surface area contributed by atoms with E-state index in [4.69, 9.17) is 0 Å². The van der Waals surface area contributed by atoms with Crippen molar-refractivity contribution in [3.05, 3.63) is 12.3 Å². The minimum Gasteiger partial charge on any atom is -0.368 e.